The third-order valence-electron chi connectivity index (χ3n) is 3.78. The Bertz CT molecular complexity index is 415. The van der Waals surface area contributed by atoms with Gasteiger partial charge in [-0.3, -0.25) is 0 Å². The SMILES string of the molecule is C=CN.CC1(C)C=CC(CC2C#CCCCCC2)=CC1. The molecule has 2 N–H and O–H groups in total. The van der Waals surface area contributed by atoms with E-state index in [9.17, 15) is 0 Å². The van der Waals surface area contributed by atoms with E-state index in [1.54, 1.807) is 0 Å². The molecule has 0 fully saturated rings. The van der Waals surface area contributed by atoms with E-state index >= 15 is 0 Å². The van der Waals surface area contributed by atoms with Gasteiger partial charge in [0.05, 0.1) is 0 Å². The first-order chi connectivity index (χ1) is 9.57. The number of hydrogen-bond acceptors (Lipinski definition) is 1. The van der Waals surface area contributed by atoms with Gasteiger partial charge in [-0.15, -0.1) is 5.92 Å². The molecule has 110 valence electrons. The van der Waals surface area contributed by atoms with E-state index in [1.807, 2.05) is 0 Å². The van der Waals surface area contributed by atoms with Crippen molar-refractivity contribution in [1.82, 2.24) is 0 Å². The zero-order chi connectivity index (χ0) is 14.8. The second kappa shape index (κ2) is 8.69. The number of rotatable bonds is 2. The maximum atomic E-state index is 4.61. The normalized spacial score (nSPS) is 23.9. The molecule has 1 unspecified atom stereocenters. The molecule has 2 aliphatic rings. The molecule has 2 rings (SSSR count). The Kier molecular flexibility index (Phi) is 7.23. The first-order valence-electron chi connectivity index (χ1n) is 7.77. The lowest BCUT2D eigenvalue weighted by Gasteiger charge is -2.23. The van der Waals surface area contributed by atoms with Gasteiger partial charge in [-0.1, -0.05) is 63.0 Å². The number of allylic oxidation sites excluding steroid dienone is 4. The molecule has 0 saturated heterocycles. The van der Waals surface area contributed by atoms with E-state index in [4.69, 9.17) is 0 Å². The summed E-state index contributed by atoms with van der Waals surface area (Å²) in [5.74, 6) is 7.41. The molecule has 0 amide bonds. The van der Waals surface area contributed by atoms with Crippen molar-refractivity contribution in [2.75, 3.05) is 0 Å². The lowest BCUT2D eigenvalue weighted by atomic mass is 9.81. The monoisotopic (exact) mass is 271 g/mol. The van der Waals surface area contributed by atoms with Crippen LogP contribution in [0.5, 0.6) is 0 Å². The summed E-state index contributed by atoms with van der Waals surface area (Å²) in [7, 11) is 0. The minimum Gasteiger partial charge on any atom is -0.405 e. The van der Waals surface area contributed by atoms with Gasteiger partial charge in [-0.05, 0) is 37.3 Å². The van der Waals surface area contributed by atoms with Crippen LogP contribution in [0.15, 0.2) is 36.6 Å². The highest BCUT2D eigenvalue weighted by Crippen LogP contribution is 2.31. The molecular formula is C19H29N. The van der Waals surface area contributed by atoms with Crippen LogP contribution >= 0.6 is 0 Å². The van der Waals surface area contributed by atoms with E-state index in [2.05, 4.69) is 56.2 Å². The van der Waals surface area contributed by atoms with Crippen LogP contribution in [-0.2, 0) is 0 Å². The second-order valence-electron chi connectivity index (χ2n) is 6.36. The second-order valence-corrected chi connectivity index (χ2v) is 6.36. The Hall–Kier alpha value is -1.42. The van der Waals surface area contributed by atoms with Crippen molar-refractivity contribution in [2.45, 2.75) is 58.8 Å². The summed E-state index contributed by atoms with van der Waals surface area (Å²) in [5, 5.41) is 0. The molecule has 0 aromatic rings. The van der Waals surface area contributed by atoms with Crippen LogP contribution in [0.3, 0.4) is 0 Å². The molecule has 0 aromatic carbocycles. The minimum atomic E-state index is 0.357. The quantitative estimate of drug-likeness (QED) is 0.706. The van der Waals surface area contributed by atoms with Gasteiger partial charge in [-0.2, -0.15) is 0 Å². The fraction of sp³-hybridized carbons (Fsp3) is 0.579. The zero-order valence-electron chi connectivity index (χ0n) is 13.1. The summed E-state index contributed by atoms with van der Waals surface area (Å²) in [6, 6.07) is 0. The summed E-state index contributed by atoms with van der Waals surface area (Å²) in [4.78, 5) is 0. The third kappa shape index (κ3) is 6.66. The summed E-state index contributed by atoms with van der Waals surface area (Å²) in [5.41, 5.74) is 6.47. The van der Waals surface area contributed by atoms with Crippen LogP contribution in [0.2, 0.25) is 0 Å². The highest BCUT2D eigenvalue weighted by atomic mass is 14.5. The standard InChI is InChI=1S/C17H24.C2H5N/c1-17(2)12-10-16(11-13-17)14-15-8-6-4-3-5-7-9-15;1-2-3/h10-12,15H,3-6,8,13-14H2,1-2H3;2H,1,3H2. The van der Waals surface area contributed by atoms with Crippen LogP contribution in [0.4, 0.5) is 0 Å². The van der Waals surface area contributed by atoms with Gasteiger partial charge in [0.1, 0.15) is 0 Å². The Balaban J connectivity index is 0.000000612. The largest absolute Gasteiger partial charge is 0.405 e. The highest BCUT2D eigenvalue weighted by molar-refractivity contribution is 5.27. The number of hydrogen-bond donors (Lipinski definition) is 1. The molecule has 0 radical (unpaired) electrons. The molecule has 1 heteroatoms. The topological polar surface area (TPSA) is 26.0 Å². The van der Waals surface area contributed by atoms with Crippen LogP contribution in [-0.4, -0.2) is 0 Å². The lowest BCUT2D eigenvalue weighted by Crippen LogP contribution is -2.10. The van der Waals surface area contributed by atoms with Gasteiger partial charge < -0.3 is 5.73 Å². The lowest BCUT2D eigenvalue weighted by molar-refractivity contribution is 0.475. The zero-order valence-corrected chi connectivity index (χ0v) is 13.1. The molecule has 0 spiro atoms. The van der Waals surface area contributed by atoms with Gasteiger partial charge in [0, 0.05) is 12.3 Å². The fourth-order valence-corrected chi connectivity index (χ4v) is 2.52. The molecule has 0 aliphatic heterocycles. The van der Waals surface area contributed by atoms with E-state index in [0.29, 0.717) is 11.3 Å². The maximum Gasteiger partial charge on any atom is 0.0243 e. The molecule has 2 aliphatic carbocycles. The van der Waals surface area contributed by atoms with Gasteiger partial charge in [0.15, 0.2) is 0 Å². The predicted octanol–water partition coefficient (Wildman–Crippen LogP) is 4.96. The Morgan fingerprint density at radius 2 is 2.15 bits per heavy atom. The van der Waals surface area contributed by atoms with Crippen molar-refractivity contribution in [2.24, 2.45) is 17.1 Å². The van der Waals surface area contributed by atoms with Crippen LogP contribution < -0.4 is 5.73 Å². The molecule has 1 atom stereocenters. The van der Waals surface area contributed by atoms with Gasteiger partial charge in [-0.25, -0.2) is 0 Å². The molecule has 20 heavy (non-hydrogen) atoms. The van der Waals surface area contributed by atoms with Gasteiger partial charge >= 0.3 is 0 Å². The first kappa shape index (κ1) is 16.6. The summed E-state index contributed by atoms with van der Waals surface area (Å²) >= 11 is 0. The molecule has 0 heterocycles. The maximum absolute atomic E-state index is 4.61. The number of nitrogens with two attached hydrogens (primary N) is 1. The Labute approximate surface area is 125 Å². The van der Waals surface area contributed by atoms with Crippen LogP contribution in [0.1, 0.15) is 58.8 Å². The Morgan fingerprint density at radius 3 is 2.80 bits per heavy atom. The average Bonchev–Trinajstić information content (AvgIpc) is 2.35. The van der Waals surface area contributed by atoms with E-state index in [-0.39, 0.29) is 0 Å². The van der Waals surface area contributed by atoms with Crippen molar-refractivity contribution in [1.29, 1.82) is 0 Å². The van der Waals surface area contributed by atoms with Crippen molar-refractivity contribution < 1.29 is 0 Å². The summed E-state index contributed by atoms with van der Waals surface area (Å²) in [6.07, 6.45) is 17.1. The smallest absolute Gasteiger partial charge is 0.0243 e. The molecular weight excluding hydrogens is 242 g/mol. The Morgan fingerprint density at radius 1 is 1.40 bits per heavy atom. The van der Waals surface area contributed by atoms with Crippen molar-refractivity contribution in [3.05, 3.63) is 36.6 Å². The predicted molar refractivity (Wildman–Crippen MR) is 89.0 cm³/mol. The van der Waals surface area contributed by atoms with Crippen molar-refractivity contribution in [3.8, 4) is 11.8 Å². The molecule has 1 nitrogen and oxygen atoms in total. The van der Waals surface area contributed by atoms with Crippen LogP contribution in [0, 0.1) is 23.2 Å². The summed E-state index contributed by atoms with van der Waals surface area (Å²) < 4.78 is 0. The molecule has 0 bridgehead atoms. The third-order valence-corrected chi connectivity index (χ3v) is 3.78. The molecule has 0 aromatic heterocycles. The van der Waals surface area contributed by atoms with Crippen molar-refractivity contribution >= 4 is 0 Å². The highest BCUT2D eigenvalue weighted by Gasteiger charge is 2.17. The summed E-state index contributed by atoms with van der Waals surface area (Å²) in [6.45, 7) is 7.73. The van der Waals surface area contributed by atoms with E-state index in [1.165, 1.54) is 50.3 Å². The van der Waals surface area contributed by atoms with Gasteiger partial charge in [0.2, 0.25) is 0 Å². The van der Waals surface area contributed by atoms with E-state index in [0.717, 1.165) is 6.42 Å². The minimum absolute atomic E-state index is 0.357. The van der Waals surface area contributed by atoms with Gasteiger partial charge in [0.25, 0.3) is 0 Å². The van der Waals surface area contributed by atoms with E-state index < -0.39 is 0 Å². The van der Waals surface area contributed by atoms with Crippen molar-refractivity contribution in [3.63, 3.8) is 0 Å². The molecule has 0 saturated carbocycles. The fourth-order valence-electron chi connectivity index (χ4n) is 2.52. The first-order valence-corrected chi connectivity index (χ1v) is 7.77. The van der Waals surface area contributed by atoms with Crippen LogP contribution in [0.25, 0.3) is 0 Å². The average molecular weight is 271 g/mol.